The molecule has 0 heterocycles. The van der Waals surface area contributed by atoms with Crippen molar-refractivity contribution < 1.29 is 44.5 Å². The van der Waals surface area contributed by atoms with E-state index in [0.29, 0.717) is 115 Å². The summed E-state index contributed by atoms with van der Waals surface area (Å²) in [6.07, 6.45) is 5.96. The summed E-state index contributed by atoms with van der Waals surface area (Å²) in [7, 11) is 0. The number of phenols is 2. The topological polar surface area (TPSA) is 153 Å². The monoisotopic (exact) mass is 952 g/mol. The molecule has 0 radical (unpaired) electrons. The summed E-state index contributed by atoms with van der Waals surface area (Å²) in [5.74, 6) is 0.0797. The fourth-order valence-electron chi connectivity index (χ4n) is 6.89. The van der Waals surface area contributed by atoms with Crippen molar-refractivity contribution in [1.29, 1.82) is 0 Å². The van der Waals surface area contributed by atoms with Gasteiger partial charge in [0.1, 0.15) is 11.5 Å². The summed E-state index contributed by atoms with van der Waals surface area (Å²) in [4.78, 5) is 2.08. The van der Waals surface area contributed by atoms with Crippen LogP contribution >= 0.6 is 46.4 Å². The molecule has 6 N–H and O–H groups in total. The van der Waals surface area contributed by atoms with Crippen molar-refractivity contribution in [3.63, 3.8) is 0 Å². The van der Waals surface area contributed by atoms with Gasteiger partial charge in [-0.1, -0.05) is 96.4 Å². The van der Waals surface area contributed by atoms with E-state index in [2.05, 4.69) is 10.2 Å². The molecule has 4 rings (SSSR count). The number of rotatable bonds is 33. The van der Waals surface area contributed by atoms with E-state index in [1.165, 1.54) is 6.07 Å². The SMILES string of the molecule is OCc1cc(C(O)CN(CCCCCCOCCOCc2c(Cl)cccc2Cl)Cc2cc(C(O)CNCCCCCCOCCOCc3c(Cl)cccc3Cl)ccc2O)ccc1O. The van der Waals surface area contributed by atoms with E-state index in [0.717, 1.165) is 69.0 Å². The molecule has 0 spiro atoms. The van der Waals surface area contributed by atoms with Crippen molar-refractivity contribution >= 4 is 46.4 Å². The highest BCUT2D eigenvalue weighted by Gasteiger charge is 2.19. The molecule has 0 amide bonds. The Balaban J connectivity index is 1.14. The summed E-state index contributed by atoms with van der Waals surface area (Å²) in [5, 5.41) is 58.6. The highest BCUT2D eigenvalue weighted by atomic mass is 35.5. The number of ether oxygens (including phenoxy) is 4. The number of aromatic hydroxyl groups is 2. The Morgan fingerprint density at radius 2 is 1.02 bits per heavy atom. The van der Waals surface area contributed by atoms with Crippen LogP contribution in [0.2, 0.25) is 20.1 Å². The molecule has 0 aromatic heterocycles. The van der Waals surface area contributed by atoms with Gasteiger partial charge in [0.15, 0.2) is 0 Å². The smallest absolute Gasteiger partial charge is 0.121 e. The lowest BCUT2D eigenvalue weighted by Crippen LogP contribution is -2.30. The minimum atomic E-state index is -0.904. The molecule has 0 aliphatic carbocycles. The molecule has 0 aliphatic heterocycles. The number of hydrogen-bond acceptors (Lipinski definition) is 11. The summed E-state index contributed by atoms with van der Waals surface area (Å²) in [6.45, 7) is 5.86. The zero-order chi connectivity index (χ0) is 45.2. The molecule has 63 heavy (non-hydrogen) atoms. The Labute approximate surface area is 392 Å². The normalized spacial score (nSPS) is 12.6. The van der Waals surface area contributed by atoms with E-state index < -0.39 is 12.2 Å². The van der Waals surface area contributed by atoms with E-state index in [4.69, 9.17) is 65.4 Å². The second-order valence-electron chi connectivity index (χ2n) is 15.5. The average molecular weight is 955 g/mol. The number of nitrogens with one attached hydrogen (secondary N) is 1. The third-order valence-electron chi connectivity index (χ3n) is 10.6. The minimum absolute atomic E-state index is 0.0316. The molecular weight excluding hydrogens is 890 g/mol. The van der Waals surface area contributed by atoms with Crippen molar-refractivity contribution in [2.24, 2.45) is 0 Å². The largest absolute Gasteiger partial charge is 0.508 e. The van der Waals surface area contributed by atoms with Crippen molar-refractivity contribution in [2.75, 3.05) is 65.8 Å². The number of aliphatic hydroxyl groups is 3. The minimum Gasteiger partial charge on any atom is -0.508 e. The molecule has 15 heteroatoms. The van der Waals surface area contributed by atoms with Gasteiger partial charge in [-0.25, -0.2) is 0 Å². The Kier molecular flexibility index (Phi) is 25.6. The summed E-state index contributed by atoms with van der Waals surface area (Å²) in [6, 6.07) is 20.6. The number of phenolic OH excluding ortho intramolecular Hbond substituents is 1. The Bertz CT molecular complexity index is 1870. The lowest BCUT2D eigenvalue weighted by molar-refractivity contribution is 0.0392. The van der Waals surface area contributed by atoms with Crippen LogP contribution in [0.3, 0.4) is 0 Å². The van der Waals surface area contributed by atoms with Gasteiger partial charge in [-0.3, -0.25) is 4.90 Å². The van der Waals surface area contributed by atoms with Gasteiger partial charge in [-0.05, 0) is 98.4 Å². The van der Waals surface area contributed by atoms with Crippen LogP contribution in [0.4, 0.5) is 0 Å². The maximum absolute atomic E-state index is 11.3. The van der Waals surface area contributed by atoms with Crippen LogP contribution in [0.25, 0.3) is 0 Å². The van der Waals surface area contributed by atoms with Crippen LogP contribution in [0.1, 0.15) is 97.0 Å². The second-order valence-corrected chi connectivity index (χ2v) is 17.1. The first-order chi connectivity index (χ1) is 30.6. The van der Waals surface area contributed by atoms with E-state index in [9.17, 15) is 25.5 Å². The van der Waals surface area contributed by atoms with Gasteiger partial charge in [0.2, 0.25) is 0 Å². The summed E-state index contributed by atoms with van der Waals surface area (Å²) < 4.78 is 22.8. The molecule has 2 unspecified atom stereocenters. The standard InChI is InChI=1S/C48H64Cl4N2O9/c49-41-11-9-12-42(50)39(41)33-62-25-23-60-21-7-3-1-5-19-53-29-47(58)35-15-17-45(56)37(27-35)30-54(31-48(59)36-16-18-46(57)38(28-36)32-55)20-6-2-4-8-22-61-24-26-63-34-40-43(51)13-10-14-44(40)52/h9-18,27-28,47-48,53,55-59H,1-8,19-26,29-34H2. The molecule has 0 aliphatic rings. The molecule has 0 fully saturated rings. The van der Waals surface area contributed by atoms with Crippen LogP contribution in [0.15, 0.2) is 72.8 Å². The molecule has 348 valence electrons. The molecule has 2 atom stereocenters. The van der Waals surface area contributed by atoms with Crippen molar-refractivity contribution in [3.05, 3.63) is 126 Å². The number of halogens is 4. The zero-order valence-corrected chi connectivity index (χ0v) is 39.0. The number of benzene rings is 4. The first kappa shape index (κ1) is 52.9. The van der Waals surface area contributed by atoms with Crippen LogP contribution in [0.5, 0.6) is 11.5 Å². The van der Waals surface area contributed by atoms with Gasteiger partial charge in [-0.2, -0.15) is 0 Å². The third-order valence-corrected chi connectivity index (χ3v) is 12.0. The van der Waals surface area contributed by atoms with Gasteiger partial charge < -0.3 is 49.8 Å². The van der Waals surface area contributed by atoms with Crippen LogP contribution in [-0.4, -0.2) is 96.3 Å². The fraction of sp³-hybridized carbons (Fsp3) is 0.500. The average Bonchev–Trinajstić information content (AvgIpc) is 3.26. The number of unbranched alkanes of at least 4 members (excludes halogenated alkanes) is 6. The molecule has 11 nitrogen and oxygen atoms in total. The third kappa shape index (κ3) is 19.7. The molecule has 4 aromatic carbocycles. The molecule has 0 bridgehead atoms. The maximum Gasteiger partial charge on any atom is 0.121 e. The Hall–Kier alpha value is -2.72. The Morgan fingerprint density at radius 1 is 0.540 bits per heavy atom. The van der Waals surface area contributed by atoms with Crippen LogP contribution in [-0.2, 0) is 45.3 Å². The first-order valence-corrected chi connectivity index (χ1v) is 23.3. The van der Waals surface area contributed by atoms with E-state index >= 15 is 0 Å². The quantitative estimate of drug-likeness (QED) is 0.0253. The van der Waals surface area contributed by atoms with Gasteiger partial charge in [0, 0.05) is 75.2 Å². The number of nitrogens with zero attached hydrogens (tertiary/aromatic N) is 1. The predicted molar refractivity (Wildman–Crippen MR) is 251 cm³/mol. The Morgan fingerprint density at radius 3 is 1.57 bits per heavy atom. The van der Waals surface area contributed by atoms with Gasteiger partial charge in [-0.15, -0.1) is 0 Å². The van der Waals surface area contributed by atoms with E-state index in [1.54, 1.807) is 60.7 Å². The predicted octanol–water partition coefficient (Wildman–Crippen LogP) is 9.95. The highest BCUT2D eigenvalue weighted by Crippen LogP contribution is 2.28. The van der Waals surface area contributed by atoms with Gasteiger partial charge in [0.25, 0.3) is 0 Å². The lowest BCUT2D eigenvalue weighted by Gasteiger charge is -2.26. The van der Waals surface area contributed by atoms with Gasteiger partial charge in [0.05, 0.1) is 58.5 Å². The number of aliphatic hydroxyl groups excluding tert-OH is 3. The fourth-order valence-corrected chi connectivity index (χ4v) is 7.90. The van der Waals surface area contributed by atoms with Gasteiger partial charge >= 0.3 is 0 Å². The highest BCUT2D eigenvalue weighted by molar-refractivity contribution is 6.36. The molecule has 4 aromatic rings. The van der Waals surface area contributed by atoms with Crippen molar-refractivity contribution in [3.8, 4) is 11.5 Å². The van der Waals surface area contributed by atoms with E-state index in [1.807, 2.05) is 6.07 Å². The maximum atomic E-state index is 11.3. The molecule has 0 saturated carbocycles. The lowest BCUT2D eigenvalue weighted by atomic mass is 10.0. The molecular formula is C48H64Cl4N2O9. The zero-order valence-electron chi connectivity index (χ0n) is 36.0. The van der Waals surface area contributed by atoms with Crippen molar-refractivity contribution in [1.82, 2.24) is 10.2 Å². The van der Waals surface area contributed by atoms with E-state index in [-0.39, 0.29) is 24.7 Å². The number of hydrogen-bond donors (Lipinski definition) is 6. The summed E-state index contributed by atoms with van der Waals surface area (Å²) >= 11 is 24.8. The molecule has 0 saturated heterocycles. The van der Waals surface area contributed by atoms with Crippen LogP contribution in [0, 0.1) is 0 Å². The summed E-state index contributed by atoms with van der Waals surface area (Å²) in [5.41, 5.74) is 3.80. The first-order valence-electron chi connectivity index (χ1n) is 21.8. The second kappa shape index (κ2) is 30.5. The van der Waals surface area contributed by atoms with Crippen molar-refractivity contribution in [2.45, 2.75) is 89.9 Å². The van der Waals surface area contributed by atoms with Crippen LogP contribution < -0.4 is 5.32 Å².